The summed E-state index contributed by atoms with van der Waals surface area (Å²) < 4.78 is 47.3. The Morgan fingerprint density at radius 3 is 2.77 bits per heavy atom. The lowest BCUT2D eigenvalue weighted by Gasteiger charge is -2.25. The van der Waals surface area contributed by atoms with Gasteiger partial charge in [-0.05, 0) is 50.5 Å². The third kappa shape index (κ3) is 3.75. The number of nitrogens with one attached hydrogen (secondary N) is 1. The van der Waals surface area contributed by atoms with Gasteiger partial charge in [0.25, 0.3) is 0 Å². The third-order valence-corrected chi connectivity index (χ3v) is 7.22. The maximum atomic E-state index is 13.1. The molecule has 5 rings (SSSR count). The van der Waals surface area contributed by atoms with Crippen LogP contribution in [0.25, 0.3) is 11.4 Å². The molecule has 4 unspecified atom stereocenters. The predicted octanol–water partition coefficient (Wildman–Crippen LogP) is 4.20. The molecule has 3 fully saturated rings. The monoisotopic (exact) mass is 435 g/mol. The van der Waals surface area contributed by atoms with Gasteiger partial charge in [-0.15, -0.1) is 0 Å². The number of nitrogens with zero attached hydrogens (tertiary/aromatic N) is 4. The number of hydrogen-bond acceptors (Lipinski definition) is 5. The Morgan fingerprint density at radius 1 is 1.26 bits per heavy atom. The van der Waals surface area contributed by atoms with E-state index in [9.17, 15) is 13.2 Å². The summed E-state index contributed by atoms with van der Waals surface area (Å²) in [6.07, 6.45) is 2.96. The van der Waals surface area contributed by atoms with Gasteiger partial charge in [0.15, 0.2) is 5.82 Å². The molecule has 9 heteroatoms. The number of aromatic nitrogens is 4. The minimum Gasteiger partial charge on any atom is -0.379 e. The van der Waals surface area contributed by atoms with Crippen LogP contribution in [0.2, 0.25) is 0 Å². The van der Waals surface area contributed by atoms with Crippen molar-refractivity contribution in [3.63, 3.8) is 0 Å². The van der Waals surface area contributed by atoms with E-state index in [1.165, 1.54) is 31.9 Å². The van der Waals surface area contributed by atoms with Crippen LogP contribution in [0, 0.1) is 11.3 Å². The van der Waals surface area contributed by atoms with Gasteiger partial charge in [-0.2, -0.15) is 18.3 Å². The van der Waals surface area contributed by atoms with Crippen molar-refractivity contribution >= 4 is 0 Å². The Morgan fingerprint density at radius 2 is 2.10 bits per heavy atom. The van der Waals surface area contributed by atoms with Crippen LogP contribution >= 0.6 is 0 Å². The van der Waals surface area contributed by atoms with E-state index in [-0.39, 0.29) is 23.3 Å². The molecular formula is C22H28F3N5O. The van der Waals surface area contributed by atoms with E-state index in [0.717, 1.165) is 30.6 Å². The van der Waals surface area contributed by atoms with E-state index >= 15 is 0 Å². The number of pyridine rings is 1. The Kier molecular flexibility index (Phi) is 5.08. The van der Waals surface area contributed by atoms with Crippen molar-refractivity contribution in [2.75, 3.05) is 19.8 Å². The molecule has 1 aliphatic heterocycles. The molecule has 0 aromatic carbocycles. The van der Waals surface area contributed by atoms with Crippen LogP contribution in [-0.2, 0) is 10.9 Å². The lowest BCUT2D eigenvalue weighted by molar-refractivity contribution is -0.137. The van der Waals surface area contributed by atoms with Crippen molar-refractivity contribution in [3.05, 3.63) is 29.8 Å². The van der Waals surface area contributed by atoms with Gasteiger partial charge in [0.2, 0.25) is 0 Å². The molecule has 0 spiro atoms. The van der Waals surface area contributed by atoms with Crippen LogP contribution in [0.5, 0.6) is 0 Å². The molecule has 2 aromatic heterocycles. The number of rotatable bonds is 4. The standard InChI is InChI=1S/C22H28F3N5O/c1-13(2)30-20(28-19(29-30)14-6-17(10-26-8-14)22(23,24)25)15-9-27-18(12-31-11-15)21-5-3-4-16(21)7-21/h6,8,10,13,15-16,18,27H,3-5,7,9,11-12H2,1-2H3. The topological polar surface area (TPSA) is 64.9 Å². The second kappa shape index (κ2) is 7.55. The minimum atomic E-state index is -4.46. The van der Waals surface area contributed by atoms with E-state index < -0.39 is 11.7 Å². The molecule has 0 radical (unpaired) electrons. The molecular weight excluding hydrogens is 407 g/mol. The number of halogens is 3. The summed E-state index contributed by atoms with van der Waals surface area (Å²) >= 11 is 0. The van der Waals surface area contributed by atoms with Crippen molar-refractivity contribution in [2.45, 2.75) is 63.7 Å². The maximum absolute atomic E-state index is 13.1. The van der Waals surface area contributed by atoms with Crippen LogP contribution in [0.15, 0.2) is 18.5 Å². The normalized spacial score (nSPS) is 31.0. The first-order chi connectivity index (χ1) is 14.8. The first-order valence-corrected chi connectivity index (χ1v) is 11.1. The Labute approximate surface area is 179 Å². The molecule has 4 atom stereocenters. The summed E-state index contributed by atoms with van der Waals surface area (Å²) in [5.41, 5.74) is -0.124. The van der Waals surface area contributed by atoms with Crippen molar-refractivity contribution in [1.82, 2.24) is 25.1 Å². The predicted molar refractivity (Wildman–Crippen MR) is 108 cm³/mol. The number of fused-ring (bicyclic) bond motifs is 1. The van der Waals surface area contributed by atoms with Gasteiger partial charge in [0.05, 0.1) is 24.7 Å². The first-order valence-electron chi connectivity index (χ1n) is 11.1. The fourth-order valence-electron chi connectivity index (χ4n) is 5.47. The summed E-state index contributed by atoms with van der Waals surface area (Å²) in [4.78, 5) is 8.42. The number of hydrogen-bond donors (Lipinski definition) is 1. The molecule has 1 saturated heterocycles. The zero-order valence-electron chi connectivity index (χ0n) is 17.8. The summed E-state index contributed by atoms with van der Waals surface area (Å²) in [5, 5.41) is 8.27. The van der Waals surface area contributed by atoms with Crippen molar-refractivity contribution < 1.29 is 17.9 Å². The van der Waals surface area contributed by atoms with Crippen LogP contribution in [0.3, 0.4) is 0 Å². The average Bonchev–Trinajstić information content (AvgIpc) is 3.13. The smallest absolute Gasteiger partial charge is 0.379 e. The average molecular weight is 435 g/mol. The van der Waals surface area contributed by atoms with Crippen LogP contribution in [0.1, 0.15) is 62.9 Å². The fourth-order valence-corrected chi connectivity index (χ4v) is 5.47. The lowest BCUT2D eigenvalue weighted by atomic mass is 9.94. The highest BCUT2D eigenvalue weighted by atomic mass is 19.4. The van der Waals surface area contributed by atoms with Gasteiger partial charge < -0.3 is 10.1 Å². The summed E-state index contributed by atoms with van der Waals surface area (Å²) in [6, 6.07) is 1.45. The SMILES string of the molecule is CC(C)n1nc(-c2cncc(C(F)(F)F)c2)nc1C1CNC(C23CCCC2C3)COC1. The van der Waals surface area contributed by atoms with E-state index in [2.05, 4.69) is 20.4 Å². The van der Waals surface area contributed by atoms with Crippen LogP contribution < -0.4 is 5.32 Å². The molecule has 3 heterocycles. The zero-order chi connectivity index (χ0) is 21.8. The van der Waals surface area contributed by atoms with Crippen molar-refractivity contribution in [2.24, 2.45) is 11.3 Å². The summed E-state index contributed by atoms with van der Waals surface area (Å²) in [7, 11) is 0. The highest BCUT2D eigenvalue weighted by Crippen LogP contribution is 2.65. The summed E-state index contributed by atoms with van der Waals surface area (Å²) in [5.74, 6) is 1.83. The first kappa shape index (κ1) is 20.9. The third-order valence-electron chi connectivity index (χ3n) is 7.22. The molecule has 31 heavy (non-hydrogen) atoms. The fraction of sp³-hybridized carbons (Fsp3) is 0.682. The molecule has 2 aromatic rings. The molecule has 2 aliphatic carbocycles. The molecule has 168 valence electrons. The highest BCUT2D eigenvalue weighted by Gasteiger charge is 2.61. The maximum Gasteiger partial charge on any atom is 0.417 e. The number of alkyl halides is 3. The second-order valence-corrected chi connectivity index (χ2v) is 9.51. The molecule has 1 N–H and O–H groups in total. The second-order valence-electron chi connectivity index (χ2n) is 9.51. The van der Waals surface area contributed by atoms with Crippen LogP contribution in [0.4, 0.5) is 13.2 Å². The van der Waals surface area contributed by atoms with Gasteiger partial charge in [-0.1, -0.05) is 6.42 Å². The quantitative estimate of drug-likeness (QED) is 0.780. The molecule has 0 bridgehead atoms. The Bertz CT molecular complexity index is 959. The largest absolute Gasteiger partial charge is 0.417 e. The van der Waals surface area contributed by atoms with E-state index in [1.54, 1.807) is 4.68 Å². The summed E-state index contributed by atoms with van der Waals surface area (Å²) in [6.45, 7) is 5.94. The van der Waals surface area contributed by atoms with Crippen LogP contribution in [-0.4, -0.2) is 45.5 Å². The van der Waals surface area contributed by atoms with Gasteiger partial charge in [-0.25, -0.2) is 9.67 Å². The van der Waals surface area contributed by atoms with Crippen molar-refractivity contribution in [3.8, 4) is 11.4 Å². The zero-order valence-corrected chi connectivity index (χ0v) is 17.8. The van der Waals surface area contributed by atoms with E-state index in [0.29, 0.717) is 24.7 Å². The molecule has 3 aliphatic rings. The number of ether oxygens (including phenoxy) is 1. The van der Waals surface area contributed by atoms with Gasteiger partial charge in [-0.3, -0.25) is 4.98 Å². The van der Waals surface area contributed by atoms with E-state index in [1.807, 2.05) is 13.8 Å². The molecule has 0 amide bonds. The van der Waals surface area contributed by atoms with Gasteiger partial charge >= 0.3 is 6.18 Å². The van der Waals surface area contributed by atoms with Gasteiger partial charge in [0.1, 0.15) is 5.82 Å². The Balaban J connectivity index is 1.40. The lowest BCUT2D eigenvalue weighted by Crippen LogP contribution is -2.41. The molecule has 6 nitrogen and oxygen atoms in total. The highest BCUT2D eigenvalue weighted by molar-refractivity contribution is 5.54. The molecule has 2 saturated carbocycles. The van der Waals surface area contributed by atoms with Crippen molar-refractivity contribution in [1.29, 1.82) is 0 Å². The Hall–Kier alpha value is -2.00. The van der Waals surface area contributed by atoms with E-state index in [4.69, 9.17) is 4.74 Å². The minimum absolute atomic E-state index is 0.0117. The van der Waals surface area contributed by atoms with Gasteiger partial charge in [0, 0.05) is 36.6 Å².